The maximum absolute atomic E-state index is 10.2. The van der Waals surface area contributed by atoms with Gasteiger partial charge < -0.3 is 4.79 Å². The smallest absolute Gasteiger partial charge is 0.120 e. The van der Waals surface area contributed by atoms with E-state index >= 15 is 0 Å². The topological polar surface area (TPSA) is 17.1 Å². The van der Waals surface area contributed by atoms with Gasteiger partial charge in [-0.1, -0.05) is 25.0 Å². The summed E-state index contributed by atoms with van der Waals surface area (Å²) in [5, 5.41) is 0. The van der Waals surface area contributed by atoms with Crippen LogP contribution in [0.4, 0.5) is 0 Å². The Kier molecular flexibility index (Phi) is 6.56. The van der Waals surface area contributed by atoms with Gasteiger partial charge in [0.25, 0.3) is 0 Å². The van der Waals surface area contributed by atoms with Gasteiger partial charge in [-0.3, -0.25) is 0 Å². The van der Waals surface area contributed by atoms with Gasteiger partial charge in [0.1, 0.15) is 6.29 Å². The minimum Gasteiger partial charge on any atom is -0.303 e. The zero-order valence-corrected chi connectivity index (χ0v) is 9.39. The first kappa shape index (κ1) is 12.4. The zero-order chi connectivity index (χ0) is 10.3. The van der Waals surface area contributed by atoms with E-state index in [0.29, 0.717) is 12.3 Å². The molecule has 1 unspecified atom stereocenters. The quantitative estimate of drug-likeness (QED) is 0.452. The van der Waals surface area contributed by atoms with Crippen molar-refractivity contribution in [3.8, 4) is 0 Å². The summed E-state index contributed by atoms with van der Waals surface area (Å²) < 4.78 is 0. The van der Waals surface area contributed by atoms with Crippen LogP contribution in [0, 0.1) is 5.92 Å². The highest BCUT2D eigenvalue weighted by molar-refractivity contribution is 5.49. The molecule has 0 heterocycles. The fourth-order valence-electron chi connectivity index (χ4n) is 1.26. The first-order chi connectivity index (χ1) is 6.11. The SMILES string of the molecule is CCC(C)=C(C)CCC(C)CC=O. The lowest BCUT2D eigenvalue weighted by molar-refractivity contribution is -0.108. The van der Waals surface area contributed by atoms with Crippen LogP contribution in [-0.2, 0) is 4.79 Å². The average molecular weight is 182 g/mol. The third-order valence-electron chi connectivity index (χ3n) is 2.77. The van der Waals surface area contributed by atoms with Crippen LogP contribution in [0.25, 0.3) is 0 Å². The van der Waals surface area contributed by atoms with E-state index in [-0.39, 0.29) is 0 Å². The molecule has 0 saturated carbocycles. The van der Waals surface area contributed by atoms with E-state index in [4.69, 9.17) is 0 Å². The zero-order valence-electron chi connectivity index (χ0n) is 9.39. The van der Waals surface area contributed by atoms with Gasteiger partial charge >= 0.3 is 0 Å². The molecule has 0 aromatic rings. The molecule has 0 aliphatic carbocycles. The van der Waals surface area contributed by atoms with Crippen LogP contribution in [0.5, 0.6) is 0 Å². The Bertz CT molecular complexity index is 180. The number of hydrogen-bond donors (Lipinski definition) is 0. The maximum Gasteiger partial charge on any atom is 0.120 e. The summed E-state index contributed by atoms with van der Waals surface area (Å²) in [7, 11) is 0. The Hall–Kier alpha value is -0.590. The van der Waals surface area contributed by atoms with E-state index in [0.717, 1.165) is 25.5 Å². The fourth-order valence-corrected chi connectivity index (χ4v) is 1.26. The Labute approximate surface area is 82.2 Å². The summed E-state index contributed by atoms with van der Waals surface area (Å²) in [6.07, 6.45) is 5.17. The lowest BCUT2D eigenvalue weighted by atomic mass is 9.97. The van der Waals surface area contributed by atoms with Gasteiger partial charge in [0.2, 0.25) is 0 Å². The molecular formula is C12H22O. The summed E-state index contributed by atoms with van der Waals surface area (Å²) in [6.45, 7) is 8.73. The van der Waals surface area contributed by atoms with Crippen LogP contribution >= 0.6 is 0 Å². The van der Waals surface area contributed by atoms with E-state index in [1.165, 1.54) is 11.1 Å². The molecule has 0 amide bonds. The number of rotatable bonds is 6. The summed E-state index contributed by atoms with van der Waals surface area (Å²) in [5.74, 6) is 0.539. The normalized spacial score (nSPS) is 15.1. The Morgan fingerprint density at radius 3 is 2.38 bits per heavy atom. The summed E-state index contributed by atoms with van der Waals surface area (Å²) in [6, 6.07) is 0. The lowest BCUT2D eigenvalue weighted by Gasteiger charge is -2.09. The third kappa shape index (κ3) is 5.62. The summed E-state index contributed by atoms with van der Waals surface area (Å²) >= 11 is 0. The molecule has 0 saturated heterocycles. The molecule has 0 aromatic carbocycles. The van der Waals surface area contributed by atoms with Gasteiger partial charge in [-0.2, -0.15) is 0 Å². The molecule has 0 aliphatic rings. The third-order valence-corrected chi connectivity index (χ3v) is 2.77. The molecule has 0 rings (SSSR count). The Balaban J connectivity index is 3.81. The minimum absolute atomic E-state index is 0.539. The maximum atomic E-state index is 10.2. The summed E-state index contributed by atoms with van der Waals surface area (Å²) in [5.41, 5.74) is 3.00. The molecule has 1 nitrogen and oxygen atoms in total. The van der Waals surface area contributed by atoms with Crippen molar-refractivity contribution >= 4 is 6.29 Å². The highest BCUT2D eigenvalue weighted by Gasteiger charge is 2.02. The molecule has 0 aromatic heterocycles. The lowest BCUT2D eigenvalue weighted by Crippen LogP contribution is -1.96. The van der Waals surface area contributed by atoms with E-state index in [1.807, 2.05) is 0 Å². The van der Waals surface area contributed by atoms with Crippen molar-refractivity contribution in [1.29, 1.82) is 0 Å². The number of hydrogen-bond acceptors (Lipinski definition) is 1. The molecule has 0 aliphatic heterocycles. The second kappa shape index (κ2) is 6.88. The van der Waals surface area contributed by atoms with Gasteiger partial charge in [-0.15, -0.1) is 0 Å². The van der Waals surface area contributed by atoms with Crippen molar-refractivity contribution in [3.63, 3.8) is 0 Å². The molecule has 1 heteroatoms. The van der Waals surface area contributed by atoms with E-state index < -0.39 is 0 Å². The molecule has 0 spiro atoms. The van der Waals surface area contributed by atoms with Gasteiger partial charge in [0, 0.05) is 6.42 Å². The van der Waals surface area contributed by atoms with E-state index in [2.05, 4.69) is 27.7 Å². The van der Waals surface area contributed by atoms with Crippen LogP contribution in [0.15, 0.2) is 11.1 Å². The predicted octanol–water partition coefficient (Wildman–Crippen LogP) is 3.74. The molecule has 1 atom stereocenters. The van der Waals surface area contributed by atoms with Crippen molar-refractivity contribution < 1.29 is 4.79 Å². The fraction of sp³-hybridized carbons (Fsp3) is 0.750. The molecule has 13 heavy (non-hydrogen) atoms. The Morgan fingerprint density at radius 1 is 1.31 bits per heavy atom. The molecular weight excluding hydrogens is 160 g/mol. The van der Waals surface area contributed by atoms with Crippen LogP contribution < -0.4 is 0 Å². The second-order valence-electron chi connectivity index (χ2n) is 3.96. The van der Waals surface area contributed by atoms with Crippen molar-refractivity contribution in [1.82, 2.24) is 0 Å². The van der Waals surface area contributed by atoms with Crippen LogP contribution in [0.2, 0.25) is 0 Å². The van der Waals surface area contributed by atoms with Gasteiger partial charge in [0.15, 0.2) is 0 Å². The molecule has 0 radical (unpaired) electrons. The second-order valence-corrected chi connectivity index (χ2v) is 3.96. The number of allylic oxidation sites excluding steroid dienone is 2. The van der Waals surface area contributed by atoms with Crippen LogP contribution in [0.1, 0.15) is 53.4 Å². The van der Waals surface area contributed by atoms with Crippen LogP contribution in [0.3, 0.4) is 0 Å². The van der Waals surface area contributed by atoms with Crippen molar-refractivity contribution in [2.45, 2.75) is 53.4 Å². The number of carbonyl (C=O) groups excluding carboxylic acids is 1. The largest absolute Gasteiger partial charge is 0.303 e. The van der Waals surface area contributed by atoms with E-state index in [1.54, 1.807) is 0 Å². The monoisotopic (exact) mass is 182 g/mol. The van der Waals surface area contributed by atoms with Crippen molar-refractivity contribution in [2.75, 3.05) is 0 Å². The van der Waals surface area contributed by atoms with Gasteiger partial charge in [-0.05, 0) is 39.0 Å². The van der Waals surface area contributed by atoms with Gasteiger partial charge in [-0.25, -0.2) is 0 Å². The van der Waals surface area contributed by atoms with Crippen molar-refractivity contribution in [3.05, 3.63) is 11.1 Å². The highest BCUT2D eigenvalue weighted by atomic mass is 16.1. The minimum atomic E-state index is 0.539. The number of carbonyl (C=O) groups is 1. The first-order valence-electron chi connectivity index (χ1n) is 5.20. The summed E-state index contributed by atoms with van der Waals surface area (Å²) in [4.78, 5) is 10.2. The van der Waals surface area contributed by atoms with E-state index in [9.17, 15) is 4.79 Å². The molecule has 76 valence electrons. The van der Waals surface area contributed by atoms with Crippen molar-refractivity contribution in [2.24, 2.45) is 5.92 Å². The molecule has 0 N–H and O–H groups in total. The average Bonchev–Trinajstić information content (AvgIpc) is 2.13. The first-order valence-corrected chi connectivity index (χ1v) is 5.20. The van der Waals surface area contributed by atoms with Crippen LogP contribution in [-0.4, -0.2) is 6.29 Å². The Morgan fingerprint density at radius 2 is 1.92 bits per heavy atom. The standard InChI is InChI=1S/C12H22O/c1-5-11(3)12(4)7-6-10(2)8-9-13/h9-10H,5-8H2,1-4H3. The molecule has 0 fully saturated rings. The number of aldehydes is 1. The van der Waals surface area contributed by atoms with Gasteiger partial charge in [0.05, 0.1) is 0 Å². The molecule has 0 bridgehead atoms. The predicted molar refractivity (Wildman–Crippen MR) is 57.7 cm³/mol. The highest BCUT2D eigenvalue weighted by Crippen LogP contribution is 2.17.